The van der Waals surface area contributed by atoms with Crippen LogP contribution in [0.3, 0.4) is 0 Å². The van der Waals surface area contributed by atoms with Gasteiger partial charge in [0.25, 0.3) is 11.5 Å². The number of alkyl halides is 3. The van der Waals surface area contributed by atoms with Crippen molar-refractivity contribution in [3.8, 4) is 0 Å². The molecule has 0 fully saturated rings. The Kier molecular flexibility index (Phi) is 6.62. The van der Waals surface area contributed by atoms with Gasteiger partial charge in [0.1, 0.15) is 5.56 Å². The molecule has 0 aliphatic rings. The van der Waals surface area contributed by atoms with Gasteiger partial charge < -0.3 is 14.4 Å². The molecule has 170 valence electrons. The van der Waals surface area contributed by atoms with E-state index in [0.717, 1.165) is 10.6 Å². The molecule has 8 heteroatoms. The maximum Gasteiger partial charge on any atom is 0.417 e. The summed E-state index contributed by atoms with van der Waals surface area (Å²) < 4.78 is 43.2. The van der Waals surface area contributed by atoms with Gasteiger partial charge in [0.05, 0.1) is 16.8 Å². The molecule has 0 saturated carbocycles. The molecule has 0 aliphatic carbocycles. The number of amides is 1. The standard InChI is InChI=1S/C24H26F3N3O2/c1-5-29(6-2)21-19-17(24(25,26)27)14-11-15-18(19)28(4)22(31)20(21)23(32)30(7-3)16-12-9-8-10-13-16/h8-15H,5-7H2,1-4H3. The van der Waals surface area contributed by atoms with E-state index in [2.05, 4.69) is 0 Å². The molecule has 5 nitrogen and oxygen atoms in total. The smallest absolute Gasteiger partial charge is 0.371 e. The summed E-state index contributed by atoms with van der Waals surface area (Å²) in [7, 11) is 1.40. The van der Waals surface area contributed by atoms with Crippen molar-refractivity contribution in [3.63, 3.8) is 0 Å². The van der Waals surface area contributed by atoms with Crippen molar-refractivity contribution in [2.45, 2.75) is 26.9 Å². The van der Waals surface area contributed by atoms with E-state index in [0.29, 0.717) is 18.8 Å². The molecule has 0 bridgehead atoms. The molecular formula is C24H26F3N3O2. The highest BCUT2D eigenvalue weighted by atomic mass is 19.4. The van der Waals surface area contributed by atoms with E-state index in [1.165, 1.54) is 24.1 Å². The highest BCUT2D eigenvalue weighted by Gasteiger charge is 2.37. The predicted octanol–water partition coefficient (Wildman–Crippen LogP) is 5.07. The quantitative estimate of drug-likeness (QED) is 0.532. The summed E-state index contributed by atoms with van der Waals surface area (Å²) in [5, 5.41) is -0.140. The summed E-state index contributed by atoms with van der Waals surface area (Å²) in [4.78, 5) is 30.2. The SMILES string of the molecule is CCN(CC)c1c(C(=O)N(CC)c2ccccc2)c(=O)n(C)c2cccc(C(F)(F)F)c12. The number of carbonyl (C=O) groups is 1. The maximum absolute atomic E-state index is 14.0. The summed E-state index contributed by atoms with van der Waals surface area (Å²) in [5.41, 5.74) is -1.03. The van der Waals surface area contributed by atoms with E-state index in [-0.39, 0.29) is 28.7 Å². The van der Waals surface area contributed by atoms with E-state index < -0.39 is 23.2 Å². The molecule has 0 radical (unpaired) electrons. The average Bonchev–Trinajstić information content (AvgIpc) is 2.78. The second-order valence-electron chi connectivity index (χ2n) is 7.34. The van der Waals surface area contributed by atoms with E-state index in [1.54, 1.807) is 56.0 Å². The zero-order chi connectivity index (χ0) is 23.6. The number of pyridine rings is 1. The van der Waals surface area contributed by atoms with Crippen molar-refractivity contribution in [2.24, 2.45) is 7.05 Å². The number of para-hydroxylation sites is 1. The molecule has 1 heterocycles. The van der Waals surface area contributed by atoms with Gasteiger partial charge in [-0.15, -0.1) is 0 Å². The number of hydrogen-bond acceptors (Lipinski definition) is 3. The topological polar surface area (TPSA) is 45.6 Å². The predicted molar refractivity (Wildman–Crippen MR) is 122 cm³/mol. The number of carbonyl (C=O) groups excluding carboxylic acids is 1. The molecule has 32 heavy (non-hydrogen) atoms. The zero-order valence-corrected chi connectivity index (χ0v) is 18.5. The Morgan fingerprint density at radius 3 is 2.09 bits per heavy atom. The Labute approximate surface area is 184 Å². The fourth-order valence-electron chi connectivity index (χ4n) is 4.04. The third kappa shape index (κ3) is 3.97. The number of benzene rings is 2. The molecule has 0 aliphatic heterocycles. The van der Waals surface area contributed by atoms with Crippen LogP contribution in [0.15, 0.2) is 53.3 Å². The van der Waals surface area contributed by atoms with E-state index in [4.69, 9.17) is 0 Å². The number of aromatic nitrogens is 1. The first kappa shape index (κ1) is 23.4. The lowest BCUT2D eigenvalue weighted by Gasteiger charge is -2.30. The first-order valence-corrected chi connectivity index (χ1v) is 10.5. The van der Waals surface area contributed by atoms with Gasteiger partial charge in [0.15, 0.2) is 0 Å². The molecule has 1 aromatic heterocycles. The first-order valence-electron chi connectivity index (χ1n) is 10.5. The van der Waals surface area contributed by atoms with Gasteiger partial charge in [0.2, 0.25) is 0 Å². The van der Waals surface area contributed by atoms with Crippen LogP contribution in [0.2, 0.25) is 0 Å². The monoisotopic (exact) mass is 445 g/mol. The fraction of sp³-hybridized carbons (Fsp3) is 0.333. The Morgan fingerprint density at radius 1 is 0.938 bits per heavy atom. The van der Waals surface area contributed by atoms with Gasteiger partial charge in [-0.2, -0.15) is 13.2 Å². The summed E-state index contributed by atoms with van der Waals surface area (Å²) in [6.07, 6.45) is -4.65. The molecule has 0 unspecified atom stereocenters. The van der Waals surface area contributed by atoms with Crippen molar-refractivity contribution in [3.05, 3.63) is 70.0 Å². The second kappa shape index (κ2) is 9.06. The largest absolute Gasteiger partial charge is 0.417 e. The normalized spacial score (nSPS) is 11.6. The number of fused-ring (bicyclic) bond motifs is 1. The average molecular weight is 445 g/mol. The fourth-order valence-corrected chi connectivity index (χ4v) is 4.04. The third-order valence-corrected chi connectivity index (χ3v) is 5.62. The van der Waals surface area contributed by atoms with Crippen molar-refractivity contribution in [1.82, 2.24) is 4.57 Å². The minimum Gasteiger partial charge on any atom is -0.371 e. The Balaban J connectivity index is 2.47. The van der Waals surface area contributed by atoms with Crippen LogP contribution in [0.4, 0.5) is 24.5 Å². The summed E-state index contributed by atoms with van der Waals surface area (Å²) in [6.45, 7) is 6.25. The van der Waals surface area contributed by atoms with E-state index in [9.17, 15) is 22.8 Å². The van der Waals surface area contributed by atoms with Crippen LogP contribution in [0.25, 0.3) is 10.9 Å². The lowest BCUT2D eigenvalue weighted by atomic mass is 10.00. The van der Waals surface area contributed by atoms with Crippen molar-refractivity contribution in [2.75, 3.05) is 29.4 Å². The van der Waals surface area contributed by atoms with Gasteiger partial charge in [-0.3, -0.25) is 9.59 Å². The van der Waals surface area contributed by atoms with Gasteiger partial charge >= 0.3 is 6.18 Å². The van der Waals surface area contributed by atoms with Crippen LogP contribution in [0.1, 0.15) is 36.7 Å². The number of halogens is 3. The van der Waals surface area contributed by atoms with Gasteiger partial charge in [-0.1, -0.05) is 24.3 Å². The Bertz CT molecular complexity index is 1180. The molecule has 0 spiro atoms. The Hall–Kier alpha value is -3.29. The van der Waals surface area contributed by atoms with Crippen LogP contribution in [0, 0.1) is 0 Å². The van der Waals surface area contributed by atoms with Crippen LogP contribution < -0.4 is 15.4 Å². The van der Waals surface area contributed by atoms with Crippen molar-refractivity contribution >= 4 is 28.2 Å². The summed E-state index contributed by atoms with van der Waals surface area (Å²) >= 11 is 0. The highest BCUT2D eigenvalue weighted by molar-refractivity contribution is 6.14. The molecule has 1 amide bonds. The number of hydrogen-bond donors (Lipinski definition) is 0. The lowest BCUT2D eigenvalue weighted by Crippen LogP contribution is -2.39. The van der Waals surface area contributed by atoms with Crippen LogP contribution >= 0.6 is 0 Å². The van der Waals surface area contributed by atoms with Gasteiger partial charge in [-0.25, -0.2) is 0 Å². The number of rotatable bonds is 6. The molecule has 0 atom stereocenters. The van der Waals surface area contributed by atoms with Crippen molar-refractivity contribution < 1.29 is 18.0 Å². The minimum absolute atomic E-state index is 0.0282. The molecule has 3 aromatic rings. The zero-order valence-electron chi connectivity index (χ0n) is 18.5. The summed E-state index contributed by atoms with van der Waals surface area (Å²) in [6, 6.07) is 12.5. The van der Waals surface area contributed by atoms with Crippen LogP contribution in [0.5, 0.6) is 0 Å². The van der Waals surface area contributed by atoms with E-state index in [1.807, 2.05) is 0 Å². The highest BCUT2D eigenvalue weighted by Crippen LogP contribution is 2.40. The maximum atomic E-state index is 14.0. The third-order valence-electron chi connectivity index (χ3n) is 5.62. The second-order valence-corrected chi connectivity index (χ2v) is 7.34. The summed E-state index contributed by atoms with van der Waals surface area (Å²) in [5.74, 6) is -0.625. The molecular weight excluding hydrogens is 419 g/mol. The van der Waals surface area contributed by atoms with Gasteiger partial charge in [-0.05, 0) is 45.0 Å². The number of aryl methyl sites for hydroxylation is 1. The number of nitrogens with zero attached hydrogens (tertiary/aromatic N) is 3. The van der Waals surface area contributed by atoms with Crippen molar-refractivity contribution in [1.29, 1.82) is 0 Å². The van der Waals surface area contributed by atoms with E-state index >= 15 is 0 Å². The lowest BCUT2D eigenvalue weighted by molar-refractivity contribution is -0.136. The minimum atomic E-state index is -4.65. The van der Waals surface area contributed by atoms with Crippen LogP contribution in [-0.2, 0) is 13.2 Å². The van der Waals surface area contributed by atoms with Gasteiger partial charge in [0, 0.05) is 37.8 Å². The Morgan fingerprint density at radius 2 is 1.56 bits per heavy atom. The molecule has 0 N–H and O–H groups in total. The molecule has 2 aromatic carbocycles. The molecule has 3 rings (SSSR count). The van der Waals surface area contributed by atoms with Crippen LogP contribution in [-0.4, -0.2) is 30.1 Å². The molecule has 0 saturated heterocycles. The first-order chi connectivity index (χ1) is 15.2. The number of anilines is 2.